The summed E-state index contributed by atoms with van der Waals surface area (Å²) >= 11 is 4.22. The van der Waals surface area contributed by atoms with Crippen LogP contribution in [0.25, 0.3) is 20.7 Å². The summed E-state index contributed by atoms with van der Waals surface area (Å²) in [4.78, 5) is 34.3. The molecule has 194 valence electrons. The van der Waals surface area contributed by atoms with Crippen LogP contribution in [0.4, 0.5) is 5.69 Å². The molecule has 3 aromatic heterocycles. The van der Waals surface area contributed by atoms with Crippen molar-refractivity contribution in [2.75, 3.05) is 11.1 Å². The molecule has 0 saturated heterocycles. The summed E-state index contributed by atoms with van der Waals surface area (Å²) in [5, 5.41) is 7.83. The molecule has 0 aliphatic heterocycles. The Kier molecular flexibility index (Phi) is 7.69. The highest BCUT2D eigenvalue weighted by Crippen LogP contribution is 2.34. The molecule has 0 spiro atoms. The van der Waals surface area contributed by atoms with Gasteiger partial charge in [0, 0.05) is 21.5 Å². The molecule has 0 bridgehead atoms. The maximum atomic E-state index is 12.7. The van der Waals surface area contributed by atoms with E-state index < -0.39 is 0 Å². The third-order valence-corrected chi connectivity index (χ3v) is 9.09. The number of anilines is 1. The van der Waals surface area contributed by atoms with Gasteiger partial charge in [0.05, 0.1) is 11.1 Å². The molecule has 2 N–H and O–H groups in total. The summed E-state index contributed by atoms with van der Waals surface area (Å²) in [5.74, 6) is 1.38. The first-order valence-corrected chi connectivity index (χ1v) is 14.9. The number of aromatic amines is 1. The van der Waals surface area contributed by atoms with E-state index in [0.29, 0.717) is 26.8 Å². The van der Waals surface area contributed by atoms with Crippen LogP contribution in [0.5, 0.6) is 11.5 Å². The van der Waals surface area contributed by atoms with Gasteiger partial charge in [0.15, 0.2) is 5.16 Å². The van der Waals surface area contributed by atoms with E-state index >= 15 is 0 Å². The second kappa shape index (κ2) is 11.1. The van der Waals surface area contributed by atoms with Gasteiger partial charge in [-0.25, -0.2) is 4.98 Å². The lowest BCUT2D eigenvalue weighted by atomic mass is 9.82. The summed E-state index contributed by atoms with van der Waals surface area (Å²) < 4.78 is 5.96. The molecular weight excluding hydrogens is 535 g/mol. The fourth-order valence-electron chi connectivity index (χ4n) is 3.86. The standard InChI is InChI=1S/C29H27N3O3S3/c1-4-29(2,3)18-7-11-20(12-8-18)35-21-13-9-19(10-14-21)30-24(33)17-38-28-31-26(34)25-22(16-37-27(25)32-28)23-6-5-15-36-23/h5-16H,4,17H2,1-3H3,(H,30,33)(H,31,32,34). The number of nitrogens with one attached hydrogen (secondary N) is 2. The predicted molar refractivity (Wildman–Crippen MR) is 159 cm³/mol. The van der Waals surface area contributed by atoms with E-state index in [-0.39, 0.29) is 22.6 Å². The Morgan fingerprint density at radius 3 is 2.42 bits per heavy atom. The van der Waals surface area contributed by atoms with E-state index in [1.54, 1.807) is 23.5 Å². The van der Waals surface area contributed by atoms with Gasteiger partial charge in [-0.05, 0) is 65.2 Å². The minimum atomic E-state index is -0.193. The summed E-state index contributed by atoms with van der Waals surface area (Å²) in [5.41, 5.74) is 2.78. The maximum absolute atomic E-state index is 12.7. The number of hydrogen-bond acceptors (Lipinski definition) is 7. The normalized spacial score (nSPS) is 11.6. The maximum Gasteiger partial charge on any atom is 0.260 e. The molecule has 0 saturated carbocycles. The number of thioether (sulfide) groups is 1. The number of thiophene rings is 2. The average molecular weight is 562 g/mol. The van der Waals surface area contributed by atoms with Crippen LogP contribution in [0.2, 0.25) is 0 Å². The van der Waals surface area contributed by atoms with Crippen molar-refractivity contribution in [3.63, 3.8) is 0 Å². The molecular formula is C29H27N3O3S3. The van der Waals surface area contributed by atoms with Crippen LogP contribution in [-0.4, -0.2) is 21.6 Å². The van der Waals surface area contributed by atoms with Crippen LogP contribution in [0.15, 0.2) is 81.4 Å². The van der Waals surface area contributed by atoms with Crippen molar-refractivity contribution in [2.24, 2.45) is 0 Å². The van der Waals surface area contributed by atoms with Gasteiger partial charge in [0.1, 0.15) is 16.3 Å². The molecule has 9 heteroatoms. The van der Waals surface area contributed by atoms with Crippen LogP contribution < -0.4 is 15.6 Å². The topological polar surface area (TPSA) is 84.1 Å². The van der Waals surface area contributed by atoms with Crippen molar-refractivity contribution in [2.45, 2.75) is 37.8 Å². The van der Waals surface area contributed by atoms with Crippen LogP contribution in [0, 0.1) is 0 Å². The second-order valence-electron chi connectivity index (χ2n) is 9.40. The number of carbonyl (C=O) groups is 1. The van der Waals surface area contributed by atoms with Crippen LogP contribution >= 0.6 is 34.4 Å². The van der Waals surface area contributed by atoms with Crippen molar-refractivity contribution < 1.29 is 9.53 Å². The Bertz CT molecular complexity index is 1600. The third-order valence-electron chi connectivity index (χ3n) is 6.44. The first-order chi connectivity index (χ1) is 18.3. The average Bonchev–Trinajstić information content (AvgIpc) is 3.59. The smallest absolute Gasteiger partial charge is 0.260 e. The fraction of sp³-hybridized carbons (Fsp3) is 0.207. The summed E-state index contributed by atoms with van der Waals surface area (Å²) in [6.07, 6.45) is 1.06. The van der Waals surface area contributed by atoms with Crippen LogP contribution in [0.1, 0.15) is 32.8 Å². The number of nitrogens with zero attached hydrogens (tertiary/aromatic N) is 1. The van der Waals surface area contributed by atoms with Crippen molar-refractivity contribution in [3.05, 3.63) is 87.3 Å². The van der Waals surface area contributed by atoms with E-state index in [2.05, 4.69) is 48.2 Å². The number of rotatable bonds is 9. The molecule has 38 heavy (non-hydrogen) atoms. The number of aromatic nitrogens is 2. The first-order valence-electron chi connectivity index (χ1n) is 12.2. The number of benzene rings is 2. The number of ether oxygens (including phenoxy) is 1. The van der Waals surface area contributed by atoms with Crippen LogP contribution in [0.3, 0.4) is 0 Å². The Morgan fingerprint density at radius 1 is 1.05 bits per heavy atom. The minimum Gasteiger partial charge on any atom is -0.457 e. The highest BCUT2D eigenvalue weighted by Gasteiger charge is 2.18. The van der Waals surface area contributed by atoms with Gasteiger partial charge in [-0.15, -0.1) is 22.7 Å². The van der Waals surface area contributed by atoms with Gasteiger partial charge in [0.25, 0.3) is 5.56 Å². The van der Waals surface area contributed by atoms with Crippen LogP contribution in [-0.2, 0) is 10.2 Å². The van der Waals surface area contributed by atoms with Crippen molar-refractivity contribution in [3.8, 4) is 21.9 Å². The summed E-state index contributed by atoms with van der Waals surface area (Å²) in [7, 11) is 0. The number of hydrogen-bond donors (Lipinski definition) is 2. The van der Waals surface area contributed by atoms with E-state index in [4.69, 9.17) is 4.74 Å². The monoisotopic (exact) mass is 561 g/mol. The molecule has 2 aromatic carbocycles. The minimum absolute atomic E-state index is 0.121. The zero-order valence-corrected chi connectivity index (χ0v) is 23.7. The lowest BCUT2D eigenvalue weighted by molar-refractivity contribution is -0.113. The molecule has 0 aliphatic carbocycles. The second-order valence-corrected chi connectivity index (χ2v) is 12.2. The predicted octanol–water partition coefficient (Wildman–Crippen LogP) is 7.92. The zero-order chi connectivity index (χ0) is 26.7. The molecule has 5 rings (SSSR count). The molecule has 0 atom stereocenters. The molecule has 1 amide bonds. The fourth-order valence-corrected chi connectivity index (χ4v) is 6.34. The Hall–Kier alpha value is -3.40. The van der Waals surface area contributed by atoms with Gasteiger partial charge in [-0.2, -0.15) is 0 Å². The highest BCUT2D eigenvalue weighted by molar-refractivity contribution is 7.99. The van der Waals surface area contributed by atoms with E-state index in [0.717, 1.165) is 22.6 Å². The number of fused-ring (bicyclic) bond motifs is 1. The first kappa shape index (κ1) is 26.2. The van der Waals surface area contributed by atoms with Crippen molar-refractivity contribution >= 4 is 56.2 Å². The van der Waals surface area contributed by atoms with Gasteiger partial charge in [-0.3, -0.25) is 9.59 Å². The number of H-pyrrole nitrogens is 1. The van der Waals surface area contributed by atoms with Crippen molar-refractivity contribution in [1.29, 1.82) is 0 Å². The van der Waals surface area contributed by atoms with Crippen molar-refractivity contribution in [1.82, 2.24) is 9.97 Å². The van der Waals surface area contributed by atoms with Gasteiger partial charge in [-0.1, -0.05) is 50.7 Å². The zero-order valence-electron chi connectivity index (χ0n) is 21.2. The number of amides is 1. The quantitative estimate of drug-likeness (QED) is 0.141. The van der Waals surface area contributed by atoms with Gasteiger partial charge < -0.3 is 15.0 Å². The molecule has 5 aromatic rings. The van der Waals surface area contributed by atoms with E-state index in [9.17, 15) is 9.59 Å². The number of carbonyl (C=O) groups excluding carboxylic acids is 1. The molecule has 6 nitrogen and oxygen atoms in total. The van der Waals surface area contributed by atoms with Gasteiger partial charge in [0.2, 0.25) is 5.91 Å². The molecule has 0 unspecified atom stereocenters. The molecule has 0 aliphatic rings. The molecule has 3 heterocycles. The summed E-state index contributed by atoms with van der Waals surface area (Å²) in [6.45, 7) is 6.65. The molecule has 0 radical (unpaired) electrons. The Morgan fingerprint density at radius 2 is 1.76 bits per heavy atom. The highest BCUT2D eigenvalue weighted by atomic mass is 32.2. The SMILES string of the molecule is CCC(C)(C)c1ccc(Oc2ccc(NC(=O)CSc3nc4scc(-c5cccs5)c4c(=O)[nH]3)cc2)cc1. The molecule has 0 fully saturated rings. The lowest BCUT2D eigenvalue weighted by Crippen LogP contribution is -2.15. The summed E-state index contributed by atoms with van der Waals surface area (Å²) in [6, 6.07) is 19.4. The Labute approximate surface area is 233 Å². The van der Waals surface area contributed by atoms with Gasteiger partial charge >= 0.3 is 0 Å². The largest absolute Gasteiger partial charge is 0.457 e. The van der Waals surface area contributed by atoms with E-state index in [1.807, 2.05) is 47.2 Å². The lowest BCUT2D eigenvalue weighted by Gasteiger charge is -2.23. The Balaban J connectivity index is 1.17. The third kappa shape index (κ3) is 5.85. The van der Waals surface area contributed by atoms with E-state index in [1.165, 1.54) is 28.7 Å².